The highest BCUT2D eigenvalue weighted by atomic mass is 19.2. The van der Waals surface area contributed by atoms with Gasteiger partial charge in [-0.25, -0.2) is 13.8 Å². The summed E-state index contributed by atoms with van der Waals surface area (Å²) in [7, 11) is 0. The molecule has 1 aromatic carbocycles. The van der Waals surface area contributed by atoms with Gasteiger partial charge in [0.15, 0.2) is 11.6 Å². The van der Waals surface area contributed by atoms with Crippen LogP contribution in [0.5, 0.6) is 0 Å². The molecule has 74 valence electrons. The molecule has 0 fully saturated rings. The summed E-state index contributed by atoms with van der Waals surface area (Å²) in [5, 5.41) is 0. The zero-order valence-corrected chi connectivity index (χ0v) is 7.77. The number of nitrogens with zero attached hydrogens (tertiary/aromatic N) is 1. The van der Waals surface area contributed by atoms with Crippen LogP contribution in [0, 0.1) is 11.6 Å². The van der Waals surface area contributed by atoms with Crippen LogP contribution in [0.4, 0.5) is 8.78 Å². The first-order chi connectivity index (χ1) is 6.70. The predicted molar refractivity (Wildman–Crippen MR) is 50.0 cm³/mol. The lowest BCUT2D eigenvalue weighted by atomic mass is 10.3. The molecule has 0 bridgehead atoms. The summed E-state index contributed by atoms with van der Waals surface area (Å²) in [4.78, 5) is 7.09. The lowest BCUT2D eigenvalue weighted by Gasteiger charge is -1.90. The van der Waals surface area contributed by atoms with Crippen LogP contribution in [0.25, 0.3) is 11.0 Å². The van der Waals surface area contributed by atoms with E-state index < -0.39 is 11.6 Å². The third kappa shape index (κ3) is 1.47. The van der Waals surface area contributed by atoms with E-state index in [1.807, 2.05) is 6.92 Å². The van der Waals surface area contributed by atoms with Crippen molar-refractivity contribution in [1.29, 1.82) is 0 Å². The largest absolute Gasteiger partial charge is 0.342 e. The van der Waals surface area contributed by atoms with Gasteiger partial charge in [-0.15, -0.1) is 0 Å². The molecule has 0 spiro atoms. The maximum absolute atomic E-state index is 12.8. The summed E-state index contributed by atoms with van der Waals surface area (Å²) in [5.41, 5.74) is 1.03. The highest BCUT2D eigenvalue weighted by molar-refractivity contribution is 5.75. The number of fused-ring (bicyclic) bond motifs is 1. The fraction of sp³-hybridized carbons (Fsp3) is 0.300. The van der Waals surface area contributed by atoms with Gasteiger partial charge in [0.25, 0.3) is 0 Å². The van der Waals surface area contributed by atoms with E-state index in [1.165, 1.54) is 0 Å². The van der Waals surface area contributed by atoms with Crippen LogP contribution >= 0.6 is 0 Å². The molecule has 0 aliphatic rings. The lowest BCUT2D eigenvalue weighted by Crippen LogP contribution is -1.83. The van der Waals surface area contributed by atoms with Gasteiger partial charge in [0.05, 0.1) is 11.0 Å². The average molecular weight is 196 g/mol. The third-order valence-corrected chi connectivity index (χ3v) is 2.06. The first-order valence-corrected chi connectivity index (χ1v) is 4.54. The third-order valence-electron chi connectivity index (χ3n) is 2.06. The molecule has 1 heterocycles. The Labute approximate surface area is 80.0 Å². The smallest absolute Gasteiger partial charge is 0.161 e. The summed E-state index contributed by atoms with van der Waals surface area (Å²) >= 11 is 0. The molecule has 0 unspecified atom stereocenters. The van der Waals surface area contributed by atoms with Crippen molar-refractivity contribution in [2.45, 2.75) is 19.8 Å². The SMILES string of the molecule is CCCc1nc2cc(F)c(F)cc2[nH]1. The Morgan fingerprint density at radius 3 is 2.71 bits per heavy atom. The van der Waals surface area contributed by atoms with Gasteiger partial charge < -0.3 is 4.98 Å². The molecule has 1 aromatic heterocycles. The molecule has 0 atom stereocenters. The molecule has 0 aliphatic carbocycles. The summed E-state index contributed by atoms with van der Waals surface area (Å²) in [5.74, 6) is -0.927. The van der Waals surface area contributed by atoms with Crippen molar-refractivity contribution >= 4 is 11.0 Å². The van der Waals surface area contributed by atoms with E-state index in [4.69, 9.17) is 0 Å². The fourth-order valence-electron chi connectivity index (χ4n) is 1.41. The van der Waals surface area contributed by atoms with Crippen LogP contribution in [0.3, 0.4) is 0 Å². The number of hydrogen-bond donors (Lipinski definition) is 1. The summed E-state index contributed by atoms with van der Waals surface area (Å²) in [6, 6.07) is 2.25. The van der Waals surface area contributed by atoms with Crippen LogP contribution in [0.2, 0.25) is 0 Å². The number of imidazole rings is 1. The number of hydrogen-bond acceptors (Lipinski definition) is 1. The van der Waals surface area contributed by atoms with Gasteiger partial charge in [-0.2, -0.15) is 0 Å². The van der Waals surface area contributed by atoms with Crippen molar-refractivity contribution in [2.75, 3.05) is 0 Å². The van der Waals surface area contributed by atoms with E-state index in [9.17, 15) is 8.78 Å². The van der Waals surface area contributed by atoms with Gasteiger partial charge in [-0.05, 0) is 6.42 Å². The Morgan fingerprint density at radius 2 is 2.00 bits per heavy atom. The predicted octanol–water partition coefficient (Wildman–Crippen LogP) is 2.79. The first-order valence-electron chi connectivity index (χ1n) is 4.54. The van der Waals surface area contributed by atoms with E-state index in [0.717, 1.165) is 30.8 Å². The van der Waals surface area contributed by atoms with Crippen LogP contribution in [0.15, 0.2) is 12.1 Å². The maximum atomic E-state index is 12.8. The Morgan fingerprint density at radius 1 is 1.29 bits per heavy atom. The van der Waals surface area contributed by atoms with Crippen LogP contribution < -0.4 is 0 Å². The minimum atomic E-state index is -0.855. The second-order valence-electron chi connectivity index (χ2n) is 3.22. The second-order valence-corrected chi connectivity index (χ2v) is 3.22. The minimum Gasteiger partial charge on any atom is -0.342 e. The van der Waals surface area contributed by atoms with E-state index in [1.54, 1.807) is 0 Å². The zero-order valence-electron chi connectivity index (χ0n) is 7.77. The van der Waals surface area contributed by atoms with Crippen molar-refractivity contribution in [2.24, 2.45) is 0 Å². The van der Waals surface area contributed by atoms with Crippen LogP contribution in [0.1, 0.15) is 19.2 Å². The van der Waals surface area contributed by atoms with Gasteiger partial charge in [-0.3, -0.25) is 0 Å². The number of nitrogens with one attached hydrogen (secondary N) is 1. The number of benzene rings is 1. The number of halogens is 2. The van der Waals surface area contributed by atoms with Crippen molar-refractivity contribution in [1.82, 2.24) is 9.97 Å². The standard InChI is InChI=1S/C10H10F2N2/c1-2-3-10-13-8-4-6(11)7(12)5-9(8)14-10/h4-5H,2-3H2,1H3,(H,13,14). The molecule has 0 amide bonds. The molecule has 0 radical (unpaired) electrons. The fourth-order valence-corrected chi connectivity index (χ4v) is 1.41. The van der Waals surface area contributed by atoms with Crippen LogP contribution in [-0.2, 0) is 6.42 Å². The van der Waals surface area contributed by atoms with Crippen molar-refractivity contribution in [3.05, 3.63) is 29.6 Å². The lowest BCUT2D eigenvalue weighted by molar-refractivity contribution is 0.510. The Bertz CT molecular complexity index is 423. The average Bonchev–Trinajstić information content (AvgIpc) is 2.48. The van der Waals surface area contributed by atoms with E-state index in [0.29, 0.717) is 11.0 Å². The highest BCUT2D eigenvalue weighted by Crippen LogP contribution is 2.16. The topological polar surface area (TPSA) is 28.7 Å². The van der Waals surface area contributed by atoms with Gasteiger partial charge >= 0.3 is 0 Å². The molecule has 4 heteroatoms. The van der Waals surface area contributed by atoms with Gasteiger partial charge in [0.2, 0.25) is 0 Å². The molecule has 2 rings (SSSR count). The number of rotatable bonds is 2. The molecule has 0 saturated heterocycles. The van der Waals surface area contributed by atoms with E-state index >= 15 is 0 Å². The van der Waals surface area contributed by atoms with Crippen molar-refractivity contribution in [3.63, 3.8) is 0 Å². The van der Waals surface area contributed by atoms with Gasteiger partial charge in [0, 0.05) is 18.6 Å². The zero-order chi connectivity index (χ0) is 10.1. The van der Waals surface area contributed by atoms with E-state index in [-0.39, 0.29) is 0 Å². The van der Waals surface area contributed by atoms with Crippen LogP contribution in [-0.4, -0.2) is 9.97 Å². The van der Waals surface area contributed by atoms with Crippen molar-refractivity contribution < 1.29 is 8.78 Å². The molecule has 0 saturated carbocycles. The summed E-state index contributed by atoms with van der Waals surface area (Å²) < 4.78 is 25.6. The number of aryl methyl sites for hydroxylation is 1. The molecule has 2 nitrogen and oxygen atoms in total. The minimum absolute atomic E-state index is 0.479. The molecule has 0 aliphatic heterocycles. The summed E-state index contributed by atoms with van der Waals surface area (Å²) in [6.07, 6.45) is 1.74. The number of aromatic amines is 1. The number of aromatic nitrogens is 2. The Hall–Kier alpha value is -1.45. The molecular weight excluding hydrogens is 186 g/mol. The maximum Gasteiger partial charge on any atom is 0.161 e. The first kappa shape index (κ1) is 9.12. The van der Waals surface area contributed by atoms with E-state index in [2.05, 4.69) is 9.97 Å². The monoisotopic (exact) mass is 196 g/mol. The second kappa shape index (κ2) is 3.36. The molecule has 1 N–H and O–H groups in total. The quantitative estimate of drug-likeness (QED) is 0.786. The Kier molecular flexibility index (Phi) is 2.19. The summed E-state index contributed by atoms with van der Waals surface area (Å²) in [6.45, 7) is 2.02. The number of H-pyrrole nitrogens is 1. The molecule has 14 heavy (non-hydrogen) atoms. The van der Waals surface area contributed by atoms with Gasteiger partial charge in [0.1, 0.15) is 5.82 Å². The normalized spacial score (nSPS) is 11.1. The molecular formula is C10H10F2N2. The highest BCUT2D eigenvalue weighted by Gasteiger charge is 2.07. The molecule has 2 aromatic rings. The Balaban J connectivity index is 2.54. The van der Waals surface area contributed by atoms with Crippen molar-refractivity contribution in [3.8, 4) is 0 Å². The van der Waals surface area contributed by atoms with Gasteiger partial charge in [-0.1, -0.05) is 6.92 Å².